The molecule has 0 aliphatic rings. The Labute approximate surface area is 257 Å². The molecule has 6 aromatic rings. The minimum atomic E-state index is 0. The number of hydrogen-bond donors (Lipinski definition) is 0. The molecule has 0 spiro atoms. The van der Waals surface area contributed by atoms with Gasteiger partial charge in [-0.2, -0.15) is 0 Å². The summed E-state index contributed by atoms with van der Waals surface area (Å²) in [6.07, 6.45) is 4.77. The van der Waals surface area contributed by atoms with Gasteiger partial charge in [0.25, 0.3) is 0 Å². The van der Waals surface area contributed by atoms with Gasteiger partial charge < -0.3 is 4.98 Å². The number of nitrogens with zero attached hydrogens (tertiary/aromatic N) is 2. The maximum atomic E-state index is 4.43. The Hall–Kier alpha value is -4.17. The van der Waals surface area contributed by atoms with Gasteiger partial charge >= 0.3 is 0 Å². The molecule has 0 aliphatic heterocycles. The van der Waals surface area contributed by atoms with Crippen molar-refractivity contribution in [2.75, 3.05) is 0 Å². The molecule has 4 aromatic carbocycles. The van der Waals surface area contributed by atoms with Crippen molar-refractivity contribution in [3.8, 4) is 44.8 Å². The second kappa shape index (κ2) is 15.0. The van der Waals surface area contributed by atoms with E-state index in [0.29, 0.717) is 5.92 Å². The zero-order chi connectivity index (χ0) is 27.6. The van der Waals surface area contributed by atoms with Gasteiger partial charge in [-0.3, -0.25) is 4.98 Å². The van der Waals surface area contributed by atoms with Gasteiger partial charge in [0.2, 0.25) is 0 Å². The quantitative estimate of drug-likeness (QED) is 0.161. The van der Waals surface area contributed by atoms with E-state index in [0.717, 1.165) is 28.9 Å². The summed E-state index contributed by atoms with van der Waals surface area (Å²) in [4.78, 5) is 8.78. The Morgan fingerprint density at radius 2 is 1.12 bits per heavy atom. The standard InChI is InChI=1S/C21H21N.C17H12N.Ir/c1-16(2)14-17-9-11-18(12-10-17)19-6-5-7-20(15-19)21-8-3-4-13-22-21;1-2-7-14(8-3-1)15-9-6-10-16(13-15)17-11-4-5-12-18-17;/h3-13,15-16H,14H2,1-2H3;1-9,11-13H;/q;-1;. The molecule has 205 valence electrons. The molecule has 6 rings (SSSR count). The van der Waals surface area contributed by atoms with Gasteiger partial charge in [-0.05, 0) is 64.6 Å². The summed E-state index contributed by atoms with van der Waals surface area (Å²) in [6, 6.07) is 49.1. The van der Waals surface area contributed by atoms with Crippen LogP contribution in [0.1, 0.15) is 19.4 Å². The van der Waals surface area contributed by atoms with E-state index in [9.17, 15) is 0 Å². The number of benzene rings is 4. The minimum Gasteiger partial charge on any atom is -0.305 e. The van der Waals surface area contributed by atoms with Crippen LogP contribution in [-0.4, -0.2) is 9.97 Å². The van der Waals surface area contributed by atoms with Crippen LogP contribution in [0.4, 0.5) is 0 Å². The van der Waals surface area contributed by atoms with Crippen molar-refractivity contribution in [2.45, 2.75) is 20.3 Å². The zero-order valence-electron chi connectivity index (χ0n) is 23.4. The van der Waals surface area contributed by atoms with E-state index in [1.807, 2.05) is 66.9 Å². The molecule has 2 nitrogen and oxygen atoms in total. The summed E-state index contributed by atoms with van der Waals surface area (Å²) in [5, 5.41) is 0. The van der Waals surface area contributed by atoms with Crippen LogP contribution in [-0.2, 0) is 26.5 Å². The monoisotopic (exact) mass is 710 g/mol. The van der Waals surface area contributed by atoms with E-state index in [4.69, 9.17) is 0 Å². The van der Waals surface area contributed by atoms with Crippen LogP contribution in [0, 0.1) is 12.0 Å². The molecule has 41 heavy (non-hydrogen) atoms. The minimum absolute atomic E-state index is 0. The summed E-state index contributed by atoms with van der Waals surface area (Å²) in [7, 11) is 0. The largest absolute Gasteiger partial charge is 0.305 e. The maximum Gasteiger partial charge on any atom is 0.0702 e. The Bertz CT molecular complexity index is 1560. The Morgan fingerprint density at radius 3 is 1.78 bits per heavy atom. The Kier molecular flexibility index (Phi) is 10.9. The SMILES string of the molecule is CC(C)Cc1ccc(-c2cccc(-c3ccccn3)c2)cc1.[Ir].[c-]1ccc(-c2ccccc2)cc1-c1ccccn1. The van der Waals surface area contributed by atoms with Crippen LogP contribution in [0.5, 0.6) is 0 Å². The van der Waals surface area contributed by atoms with Crippen LogP contribution < -0.4 is 0 Å². The van der Waals surface area contributed by atoms with Crippen molar-refractivity contribution in [1.82, 2.24) is 9.97 Å². The molecule has 2 heterocycles. The average molecular weight is 710 g/mol. The van der Waals surface area contributed by atoms with Crippen LogP contribution >= 0.6 is 0 Å². The maximum absolute atomic E-state index is 4.43. The molecular formula is C38H33IrN2-. The molecule has 0 saturated heterocycles. The summed E-state index contributed by atoms with van der Waals surface area (Å²) in [5.41, 5.74) is 10.4. The molecule has 1 radical (unpaired) electrons. The van der Waals surface area contributed by atoms with Crippen molar-refractivity contribution in [3.05, 3.63) is 157 Å². The van der Waals surface area contributed by atoms with Gasteiger partial charge in [0, 0.05) is 38.1 Å². The van der Waals surface area contributed by atoms with Crippen LogP contribution in [0.3, 0.4) is 0 Å². The zero-order valence-corrected chi connectivity index (χ0v) is 25.8. The van der Waals surface area contributed by atoms with Crippen molar-refractivity contribution in [2.24, 2.45) is 5.92 Å². The van der Waals surface area contributed by atoms with Crippen LogP contribution in [0.15, 0.2) is 146 Å². The van der Waals surface area contributed by atoms with Crippen molar-refractivity contribution < 1.29 is 20.1 Å². The predicted molar refractivity (Wildman–Crippen MR) is 168 cm³/mol. The molecule has 0 bridgehead atoms. The Morgan fingerprint density at radius 1 is 0.537 bits per heavy atom. The van der Waals surface area contributed by atoms with E-state index < -0.39 is 0 Å². The first-order valence-electron chi connectivity index (χ1n) is 13.7. The third kappa shape index (κ3) is 8.41. The van der Waals surface area contributed by atoms with Crippen LogP contribution in [0.2, 0.25) is 0 Å². The number of rotatable bonds is 6. The van der Waals surface area contributed by atoms with Crippen molar-refractivity contribution >= 4 is 0 Å². The topological polar surface area (TPSA) is 25.8 Å². The first kappa shape index (κ1) is 29.8. The fraction of sp³-hybridized carbons (Fsp3) is 0.105. The van der Waals surface area contributed by atoms with Crippen molar-refractivity contribution in [3.63, 3.8) is 0 Å². The van der Waals surface area contributed by atoms with Gasteiger partial charge in [0.15, 0.2) is 0 Å². The van der Waals surface area contributed by atoms with Gasteiger partial charge in [0.1, 0.15) is 0 Å². The van der Waals surface area contributed by atoms with Gasteiger partial charge in [-0.25, -0.2) is 0 Å². The molecule has 0 aliphatic carbocycles. The van der Waals surface area contributed by atoms with Gasteiger partial charge in [-0.15, -0.1) is 35.4 Å². The van der Waals surface area contributed by atoms with Crippen molar-refractivity contribution in [1.29, 1.82) is 0 Å². The molecule has 3 heteroatoms. The van der Waals surface area contributed by atoms with E-state index in [-0.39, 0.29) is 20.1 Å². The molecule has 0 amide bonds. The number of hydrogen-bond acceptors (Lipinski definition) is 2. The molecule has 0 saturated carbocycles. The van der Waals surface area contributed by atoms with Gasteiger partial charge in [0.05, 0.1) is 5.69 Å². The normalized spacial score (nSPS) is 10.3. The molecule has 0 fully saturated rings. The molecular weight excluding hydrogens is 677 g/mol. The summed E-state index contributed by atoms with van der Waals surface area (Å²) in [6.45, 7) is 4.51. The second-order valence-electron chi connectivity index (χ2n) is 10.2. The Balaban J connectivity index is 0.000000188. The molecule has 0 unspecified atom stereocenters. The fourth-order valence-corrected chi connectivity index (χ4v) is 4.64. The average Bonchev–Trinajstić information content (AvgIpc) is 3.03. The third-order valence-electron chi connectivity index (χ3n) is 6.60. The van der Waals surface area contributed by atoms with E-state index in [1.54, 1.807) is 6.20 Å². The second-order valence-corrected chi connectivity index (χ2v) is 10.2. The number of aromatic nitrogens is 2. The van der Waals surface area contributed by atoms with E-state index in [2.05, 4.69) is 103 Å². The molecule has 2 aromatic heterocycles. The first-order chi connectivity index (χ1) is 19.7. The van der Waals surface area contributed by atoms with E-state index in [1.165, 1.54) is 27.8 Å². The third-order valence-corrected chi connectivity index (χ3v) is 6.60. The molecule has 0 atom stereocenters. The molecule has 0 N–H and O–H groups in total. The first-order valence-corrected chi connectivity index (χ1v) is 13.7. The summed E-state index contributed by atoms with van der Waals surface area (Å²) in [5.74, 6) is 0.693. The summed E-state index contributed by atoms with van der Waals surface area (Å²) < 4.78 is 0. The summed E-state index contributed by atoms with van der Waals surface area (Å²) >= 11 is 0. The van der Waals surface area contributed by atoms with Crippen LogP contribution in [0.25, 0.3) is 44.8 Å². The predicted octanol–water partition coefficient (Wildman–Crippen LogP) is 9.83. The van der Waals surface area contributed by atoms with E-state index >= 15 is 0 Å². The number of pyridine rings is 2. The van der Waals surface area contributed by atoms with Gasteiger partial charge in [-0.1, -0.05) is 105 Å². The smallest absolute Gasteiger partial charge is 0.0702 e. The fourth-order valence-electron chi connectivity index (χ4n) is 4.64.